The molecule has 30 heavy (non-hydrogen) atoms. The molecule has 1 N–H and O–H groups in total. The van der Waals surface area contributed by atoms with E-state index in [9.17, 15) is 9.90 Å². The molecule has 0 bridgehead atoms. The second kappa shape index (κ2) is 10.1. The van der Waals surface area contributed by atoms with Crippen molar-refractivity contribution in [1.29, 1.82) is 0 Å². The van der Waals surface area contributed by atoms with Crippen LogP contribution in [-0.2, 0) is 4.79 Å². The van der Waals surface area contributed by atoms with Gasteiger partial charge in [0, 0.05) is 17.3 Å². The summed E-state index contributed by atoms with van der Waals surface area (Å²) >= 11 is 9.36. The Morgan fingerprint density at radius 3 is 2.57 bits per heavy atom. The zero-order valence-corrected chi connectivity index (χ0v) is 18.2. The van der Waals surface area contributed by atoms with Gasteiger partial charge >= 0.3 is 5.97 Å². The molecule has 0 radical (unpaired) electrons. The summed E-state index contributed by atoms with van der Waals surface area (Å²) in [6, 6.07) is 17.1. The molecule has 0 unspecified atom stereocenters. The SMILES string of the molecule is COc1cc(C=Nc2ccc(O)cc2)cc(Br)c1OC(=O)/C=C/c1cccc(Cl)c1. The lowest BCUT2D eigenvalue weighted by atomic mass is 10.2. The van der Waals surface area contributed by atoms with Crippen molar-refractivity contribution in [3.8, 4) is 17.2 Å². The van der Waals surface area contributed by atoms with Crippen molar-refractivity contribution in [2.75, 3.05) is 7.11 Å². The van der Waals surface area contributed by atoms with Crippen molar-refractivity contribution < 1.29 is 19.4 Å². The summed E-state index contributed by atoms with van der Waals surface area (Å²) in [4.78, 5) is 16.6. The number of carbonyl (C=O) groups excluding carboxylic acids is 1. The maximum Gasteiger partial charge on any atom is 0.336 e. The minimum Gasteiger partial charge on any atom is -0.508 e. The van der Waals surface area contributed by atoms with Gasteiger partial charge in [-0.15, -0.1) is 0 Å². The second-order valence-electron chi connectivity index (χ2n) is 6.12. The highest BCUT2D eigenvalue weighted by Crippen LogP contribution is 2.36. The van der Waals surface area contributed by atoms with Crippen LogP contribution in [0.15, 0.2) is 76.2 Å². The number of halogens is 2. The molecule has 7 heteroatoms. The quantitative estimate of drug-likeness (QED) is 0.195. The van der Waals surface area contributed by atoms with Crippen LogP contribution in [-0.4, -0.2) is 24.4 Å². The third-order valence-corrected chi connectivity index (χ3v) is 4.75. The highest BCUT2D eigenvalue weighted by atomic mass is 79.9. The zero-order valence-electron chi connectivity index (χ0n) is 15.9. The molecule has 0 atom stereocenters. The van der Waals surface area contributed by atoms with Crippen molar-refractivity contribution in [3.05, 3.63) is 87.4 Å². The topological polar surface area (TPSA) is 68.1 Å². The van der Waals surface area contributed by atoms with Crippen molar-refractivity contribution >= 4 is 51.5 Å². The number of phenols is 1. The normalized spacial score (nSPS) is 11.2. The molecule has 0 aliphatic carbocycles. The first kappa shape index (κ1) is 21.6. The van der Waals surface area contributed by atoms with Gasteiger partial charge in [0.25, 0.3) is 0 Å². The third-order valence-electron chi connectivity index (χ3n) is 3.93. The average molecular weight is 487 g/mol. The van der Waals surface area contributed by atoms with E-state index >= 15 is 0 Å². The van der Waals surface area contributed by atoms with Crippen molar-refractivity contribution in [2.24, 2.45) is 4.99 Å². The van der Waals surface area contributed by atoms with E-state index in [1.54, 1.807) is 66.9 Å². The van der Waals surface area contributed by atoms with Crippen LogP contribution in [0.4, 0.5) is 5.69 Å². The molecule has 0 saturated heterocycles. The van der Waals surface area contributed by atoms with Crippen LogP contribution in [0, 0.1) is 0 Å². The van der Waals surface area contributed by atoms with Gasteiger partial charge in [-0.1, -0.05) is 23.7 Å². The molecule has 3 aromatic carbocycles. The fourth-order valence-corrected chi connectivity index (χ4v) is 3.25. The van der Waals surface area contributed by atoms with E-state index in [0.29, 0.717) is 20.9 Å². The molecule has 0 saturated carbocycles. The van der Waals surface area contributed by atoms with E-state index in [-0.39, 0.29) is 11.5 Å². The molecule has 0 amide bonds. The lowest BCUT2D eigenvalue weighted by molar-refractivity contribution is -0.129. The molecule has 0 fully saturated rings. The standard InChI is InChI=1S/C23H17BrClNO4/c1-29-21-13-16(14-26-18-6-8-19(27)9-7-18)12-20(24)23(21)30-22(28)10-5-15-3-2-4-17(25)11-15/h2-14,27H,1H3/b10-5+,26-14?. The number of methoxy groups -OCH3 is 1. The average Bonchev–Trinajstić information content (AvgIpc) is 2.73. The Balaban J connectivity index is 1.76. The van der Waals surface area contributed by atoms with E-state index in [1.165, 1.54) is 13.2 Å². The maximum atomic E-state index is 12.2. The Bertz CT molecular complexity index is 1110. The van der Waals surface area contributed by atoms with Gasteiger partial charge in [-0.2, -0.15) is 0 Å². The fraction of sp³-hybridized carbons (Fsp3) is 0.0435. The Kier molecular flexibility index (Phi) is 7.27. The van der Waals surface area contributed by atoms with Gasteiger partial charge in [-0.3, -0.25) is 4.99 Å². The van der Waals surface area contributed by atoms with Gasteiger partial charge in [0.1, 0.15) is 5.75 Å². The molecule has 0 aliphatic rings. The number of ether oxygens (including phenoxy) is 2. The van der Waals surface area contributed by atoms with Crippen LogP contribution in [0.3, 0.4) is 0 Å². The first-order valence-electron chi connectivity index (χ1n) is 8.80. The van der Waals surface area contributed by atoms with Gasteiger partial charge in [0.2, 0.25) is 0 Å². The van der Waals surface area contributed by atoms with Crippen LogP contribution >= 0.6 is 27.5 Å². The van der Waals surface area contributed by atoms with Crippen LogP contribution in [0.1, 0.15) is 11.1 Å². The molecule has 3 aromatic rings. The van der Waals surface area contributed by atoms with Gasteiger partial charge < -0.3 is 14.6 Å². The van der Waals surface area contributed by atoms with E-state index < -0.39 is 5.97 Å². The molecular formula is C23H17BrClNO4. The zero-order chi connectivity index (χ0) is 21.5. The molecule has 152 valence electrons. The van der Waals surface area contributed by atoms with Gasteiger partial charge in [-0.05, 0) is 81.7 Å². The largest absolute Gasteiger partial charge is 0.508 e. The van der Waals surface area contributed by atoms with E-state index in [4.69, 9.17) is 21.1 Å². The van der Waals surface area contributed by atoms with Crippen LogP contribution < -0.4 is 9.47 Å². The second-order valence-corrected chi connectivity index (χ2v) is 7.41. The number of aliphatic imine (C=N–C) groups is 1. The van der Waals surface area contributed by atoms with Crippen molar-refractivity contribution in [3.63, 3.8) is 0 Å². The summed E-state index contributed by atoms with van der Waals surface area (Å²) in [7, 11) is 1.49. The van der Waals surface area contributed by atoms with Crippen LogP contribution in [0.25, 0.3) is 6.08 Å². The van der Waals surface area contributed by atoms with E-state index in [1.807, 2.05) is 6.07 Å². The summed E-state index contributed by atoms with van der Waals surface area (Å²) < 4.78 is 11.4. The Hall–Kier alpha value is -3.09. The minimum absolute atomic E-state index is 0.175. The van der Waals surface area contributed by atoms with Crippen molar-refractivity contribution in [2.45, 2.75) is 0 Å². The summed E-state index contributed by atoms with van der Waals surface area (Å²) in [6.45, 7) is 0. The highest BCUT2D eigenvalue weighted by molar-refractivity contribution is 9.10. The Morgan fingerprint density at radius 1 is 1.10 bits per heavy atom. The van der Waals surface area contributed by atoms with E-state index in [2.05, 4.69) is 20.9 Å². The molecular weight excluding hydrogens is 470 g/mol. The van der Waals surface area contributed by atoms with Gasteiger partial charge in [0.05, 0.1) is 17.3 Å². The number of phenolic OH excluding ortho intramolecular Hbond substituents is 1. The number of benzene rings is 3. The predicted octanol–water partition coefficient (Wildman–Crippen LogP) is 6.19. The fourth-order valence-electron chi connectivity index (χ4n) is 2.51. The smallest absolute Gasteiger partial charge is 0.336 e. The molecule has 0 aromatic heterocycles. The maximum absolute atomic E-state index is 12.2. The number of rotatable bonds is 6. The monoisotopic (exact) mass is 485 g/mol. The summed E-state index contributed by atoms with van der Waals surface area (Å²) in [6.07, 6.45) is 4.58. The number of esters is 1. The first-order chi connectivity index (χ1) is 14.4. The lowest BCUT2D eigenvalue weighted by Crippen LogP contribution is -2.06. The first-order valence-corrected chi connectivity index (χ1v) is 9.98. The van der Waals surface area contributed by atoms with Crippen LogP contribution in [0.2, 0.25) is 5.02 Å². The number of aromatic hydroxyl groups is 1. The molecule has 0 aliphatic heterocycles. The van der Waals surface area contributed by atoms with Gasteiger partial charge in [-0.25, -0.2) is 4.79 Å². The van der Waals surface area contributed by atoms with Crippen LogP contribution in [0.5, 0.6) is 17.2 Å². The molecule has 0 heterocycles. The summed E-state index contributed by atoms with van der Waals surface area (Å²) in [5.74, 6) is 0.259. The predicted molar refractivity (Wildman–Crippen MR) is 122 cm³/mol. The molecule has 0 spiro atoms. The number of carbonyl (C=O) groups is 1. The van der Waals surface area contributed by atoms with Crippen molar-refractivity contribution in [1.82, 2.24) is 0 Å². The summed E-state index contributed by atoms with van der Waals surface area (Å²) in [5.41, 5.74) is 2.21. The molecule has 3 rings (SSSR count). The third kappa shape index (κ3) is 5.95. The number of hydrogen-bond acceptors (Lipinski definition) is 5. The highest BCUT2D eigenvalue weighted by Gasteiger charge is 2.14. The number of hydrogen-bond donors (Lipinski definition) is 1. The van der Waals surface area contributed by atoms with Gasteiger partial charge in [0.15, 0.2) is 11.5 Å². The van der Waals surface area contributed by atoms with E-state index in [0.717, 1.165) is 11.1 Å². The Morgan fingerprint density at radius 2 is 1.87 bits per heavy atom. The number of nitrogens with zero attached hydrogens (tertiary/aromatic N) is 1. The molecule has 5 nitrogen and oxygen atoms in total. The lowest BCUT2D eigenvalue weighted by Gasteiger charge is -2.11. The minimum atomic E-state index is -0.556. The Labute approximate surface area is 187 Å². The summed E-state index contributed by atoms with van der Waals surface area (Å²) in [5, 5.41) is 9.92.